The van der Waals surface area contributed by atoms with E-state index in [2.05, 4.69) is 32.2 Å². The summed E-state index contributed by atoms with van der Waals surface area (Å²) in [6, 6.07) is 10.1. The Morgan fingerprint density at radius 3 is 2.84 bits per heavy atom. The number of rotatable bonds is 2. The van der Waals surface area contributed by atoms with Gasteiger partial charge in [-0.25, -0.2) is 0 Å². The zero-order valence-corrected chi connectivity index (χ0v) is 11.8. The fraction of sp³-hybridized carbons (Fsp3) is 0.214. The smallest absolute Gasteiger partial charge is 0.174 e. The molecule has 2 heterocycles. The van der Waals surface area contributed by atoms with Crippen molar-refractivity contribution in [1.29, 1.82) is 5.26 Å². The molecular formula is C14H11BrN4. The van der Waals surface area contributed by atoms with Crippen LogP contribution in [0, 0.1) is 11.3 Å². The van der Waals surface area contributed by atoms with Crippen molar-refractivity contribution in [2.75, 3.05) is 0 Å². The van der Waals surface area contributed by atoms with Crippen molar-refractivity contribution in [2.45, 2.75) is 19.4 Å². The summed E-state index contributed by atoms with van der Waals surface area (Å²) in [5.41, 5.74) is 1.54. The van der Waals surface area contributed by atoms with Crippen LogP contribution in [-0.4, -0.2) is 14.8 Å². The highest BCUT2D eigenvalue weighted by Crippen LogP contribution is 2.22. The first kappa shape index (κ1) is 12.1. The van der Waals surface area contributed by atoms with Gasteiger partial charge in [-0.2, -0.15) is 5.26 Å². The van der Waals surface area contributed by atoms with Crippen molar-refractivity contribution in [2.24, 2.45) is 0 Å². The van der Waals surface area contributed by atoms with Crippen molar-refractivity contribution in [3.05, 3.63) is 46.0 Å². The van der Waals surface area contributed by atoms with Crippen molar-refractivity contribution in [3.8, 4) is 6.07 Å². The van der Waals surface area contributed by atoms with Crippen LogP contribution >= 0.6 is 15.9 Å². The summed E-state index contributed by atoms with van der Waals surface area (Å²) in [5, 5.41) is 17.6. The number of aryl methyl sites for hydroxylation is 1. The number of hydrogen-bond donors (Lipinski definition) is 0. The number of allylic oxidation sites excluding steroid dienone is 1. The molecule has 0 fully saturated rings. The van der Waals surface area contributed by atoms with Crippen molar-refractivity contribution in [3.63, 3.8) is 0 Å². The van der Waals surface area contributed by atoms with Crippen LogP contribution in [0.4, 0.5) is 0 Å². The van der Waals surface area contributed by atoms with Crippen LogP contribution in [-0.2, 0) is 13.0 Å². The lowest BCUT2D eigenvalue weighted by Crippen LogP contribution is -1.99. The number of nitrogens with zero attached hydrogens (tertiary/aromatic N) is 4. The van der Waals surface area contributed by atoms with Gasteiger partial charge in [0.1, 0.15) is 11.9 Å². The van der Waals surface area contributed by atoms with Crippen LogP contribution in [0.25, 0.3) is 11.6 Å². The first-order chi connectivity index (χ1) is 9.28. The van der Waals surface area contributed by atoms with Crippen LogP contribution in [0.15, 0.2) is 28.7 Å². The van der Waals surface area contributed by atoms with Gasteiger partial charge in [0, 0.05) is 17.4 Å². The van der Waals surface area contributed by atoms with E-state index >= 15 is 0 Å². The standard InChI is InChI=1S/C14H11BrN4/c15-12-5-3-10(4-6-12)8-11(9-16)14-18-17-13-2-1-7-19(13)14/h3-6,8H,1-2,7H2. The first-order valence-corrected chi connectivity index (χ1v) is 6.87. The molecule has 0 radical (unpaired) electrons. The Morgan fingerprint density at radius 1 is 1.32 bits per heavy atom. The summed E-state index contributed by atoms with van der Waals surface area (Å²) in [6.07, 6.45) is 3.88. The van der Waals surface area contributed by atoms with Crippen molar-refractivity contribution >= 4 is 27.6 Å². The molecule has 0 bridgehead atoms. The van der Waals surface area contributed by atoms with Crippen LogP contribution in [0.3, 0.4) is 0 Å². The lowest BCUT2D eigenvalue weighted by Gasteiger charge is -2.01. The number of aromatic nitrogens is 3. The van der Waals surface area contributed by atoms with Crippen LogP contribution in [0.2, 0.25) is 0 Å². The molecule has 0 aliphatic carbocycles. The zero-order chi connectivity index (χ0) is 13.2. The van der Waals surface area contributed by atoms with Crippen LogP contribution < -0.4 is 0 Å². The summed E-state index contributed by atoms with van der Waals surface area (Å²) < 4.78 is 3.06. The molecule has 0 saturated heterocycles. The van der Waals surface area contributed by atoms with Gasteiger partial charge in [0.2, 0.25) is 0 Å². The van der Waals surface area contributed by atoms with Crippen molar-refractivity contribution in [1.82, 2.24) is 14.8 Å². The first-order valence-electron chi connectivity index (χ1n) is 6.08. The average Bonchev–Trinajstić information content (AvgIpc) is 3.01. The molecule has 19 heavy (non-hydrogen) atoms. The molecule has 0 spiro atoms. The molecule has 2 aromatic rings. The fourth-order valence-corrected chi connectivity index (χ4v) is 2.49. The number of fused-ring (bicyclic) bond motifs is 1. The molecule has 0 amide bonds. The minimum Gasteiger partial charge on any atom is -0.310 e. The summed E-state index contributed by atoms with van der Waals surface area (Å²) in [6.45, 7) is 0.900. The van der Waals surface area contributed by atoms with E-state index in [1.165, 1.54) is 0 Å². The van der Waals surface area contributed by atoms with Crippen LogP contribution in [0.1, 0.15) is 23.6 Å². The molecule has 3 rings (SSSR count). The molecule has 1 aromatic heterocycles. The van der Waals surface area contributed by atoms with E-state index < -0.39 is 0 Å². The summed E-state index contributed by atoms with van der Waals surface area (Å²) in [5.74, 6) is 1.66. The number of benzene rings is 1. The molecule has 1 aliphatic rings. The Morgan fingerprint density at radius 2 is 2.11 bits per heavy atom. The van der Waals surface area contributed by atoms with Gasteiger partial charge in [0.15, 0.2) is 5.82 Å². The predicted molar refractivity (Wildman–Crippen MR) is 76.0 cm³/mol. The maximum Gasteiger partial charge on any atom is 0.174 e. The van der Waals surface area contributed by atoms with Gasteiger partial charge in [-0.15, -0.1) is 10.2 Å². The summed E-state index contributed by atoms with van der Waals surface area (Å²) in [4.78, 5) is 0. The second kappa shape index (κ2) is 4.98. The maximum absolute atomic E-state index is 9.34. The SMILES string of the molecule is N#CC(=Cc1ccc(Br)cc1)c1nnc2n1CCC2. The summed E-state index contributed by atoms with van der Waals surface area (Å²) in [7, 11) is 0. The van der Waals surface area contributed by atoms with E-state index in [0.717, 1.165) is 35.2 Å². The second-order valence-corrected chi connectivity index (χ2v) is 5.33. The highest BCUT2D eigenvalue weighted by atomic mass is 79.9. The van der Waals surface area contributed by atoms with Crippen molar-refractivity contribution < 1.29 is 0 Å². The van der Waals surface area contributed by atoms with E-state index in [1.807, 2.05) is 34.9 Å². The maximum atomic E-state index is 9.34. The molecule has 94 valence electrons. The molecule has 5 heteroatoms. The quantitative estimate of drug-likeness (QED) is 0.800. The van der Waals surface area contributed by atoms with E-state index in [0.29, 0.717) is 11.4 Å². The van der Waals surface area contributed by atoms with Gasteiger partial charge in [-0.3, -0.25) is 0 Å². The largest absolute Gasteiger partial charge is 0.310 e. The zero-order valence-electron chi connectivity index (χ0n) is 10.2. The van der Waals surface area contributed by atoms with Crippen LogP contribution in [0.5, 0.6) is 0 Å². The molecule has 0 saturated carbocycles. The molecule has 0 N–H and O–H groups in total. The Labute approximate surface area is 119 Å². The molecule has 1 aliphatic heterocycles. The minimum atomic E-state index is 0.558. The highest BCUT2D eigenvalue weighted by Gasteiger charge is 2.19. The monoisotopic (exact) mass is 314 g/mol. The topological polar surface area (TPSA) is 54.5 Å². The van der Waals surface area contributed by atoms with E-state index in [4.69, 9.17) is 0 Å². The number of nitriles is 1. The third kappa shape index (κ3) is 2.32. The van der Waals surface area contributed by atoms with Gasteiger partial charge in [-0.05, 0) is 30.2 Å². The lowest BCUT2D eigenvalue weighted by molar-refractivity contribution is 0.732. The molecular weight excluding hydrogens is 304 g/mol. The number of halogens is 1. The summed E-state index contributed by atoms with van der Waals surface area (Å²) >= 11 is 3.40. The number of hydrogen-bond acceptors (Lipinski definition) is 3. The normalized spacial score (nSPS) is 14.2. The Bertz CT molecular complexity index is 676. The van der Waals surface area contributed by atoms with Gasteiger partial charge < -0.3 is 4.57 Å². The fourth-order valence-electron chi connectivity index (χ4n) is 2.22. The molecule has 0 atom stereocenters. The average molecular weight is 315 g/mol. The highest BCUT2D eigenvalue weighted by molar-refractivity contribution is 9.10. The van der Waals surface area contributed by atoms with E-state index in [1.54, 1.807) is 0 Å². The van der Waals surface area contributed by atoms with E-state index in [9.17, 15) is 5.26 Å². The van der Waals surface area contributed by atoms with Gasteiger partial charge in [0.25, 0.3) is 0 Å². The second-order valence-electron chi connectivity index (χ2n) is 4.42. The third-order valence-corrected chi connectivity index (χ3v) is 3.68. The van der Waals surface area contributed by atoms with Gasteiger partial charge in [0.05, 0.1) is 5.57 Å². The Hall–Kier alpha value is -1.93. The predicted octanol–water partition coefficient (Wildman–Crippen LogP) is 3.05. The minimum absolute atomic E-state index is 0.558. The van der Waals surface area contributed by atoms with Gasteiger partial charge in [-0.1, -0.05) is 28.1 Å². The third-order valence-electron chi connectivity index (χ3n) is 3.15. The molecule has 1 aromatic carbocycles. The lowest BCUT2D eigenvalue weighted by atomic mass is 10.1. The molecule has 4 nitrogen and oxygen atoms in total. The van der Waals surface area contributed by atoms with E-state index in [-0.39, 0.29) is 0 Å². The molecule has 0 unspecified atom stereocenters. The van der Waals surface area contributed by atoms with Gasteiger partial charge >= 0.3 is 0 Å². The Balaban J connectivity index is 2.01. The Kier molecular flexibility index (Phi) is 3.18.